The van der Waals surface area contributed by atoms with Gasteiger partial charge in [0.15, 0.2) is 0 Å². The zero-order valence-corrected chi connectivity index (χ0v) is 11.2. The van der Waals surface area contributed by atoms with Crippen molar-refractivity contribution in [2.45, 2.75) is 38.0 Å². The van der Waals surface area contributed by atoms with Crippen LogP contribution in [0.2, 0.25) is 0 Å². The number of hydrogen-bond donors (Lipinski definition) is 0. The second-order valence-electron chi connectivity index (χ2n) is 4.47. The number of rotatable bonds is 5. The molecule has 17 heavy (non-hydrogen) atoms. The number of aryl methyl sites for hydroxylation is 2. The molecule has 0 amide bonds. The van der Waals surface area contributed by atoms with Crippen molar-refractivity contribution in [3.05, 3.63) is 30.1 Å². The van der Waals surface area contributed by atoms with Gasteiger partial charge in [0.05, 0.1) is 11.0 Å². The van der Waals surface area contributed by atoms with Crippen molar-refractivity contribution in [3.8, 4) is 0 Å². The van der Waals surface area contributed by atoms with Gasteiger partial charge in [-0.2, -0.15) is 0 Å². The number of alkyl halides is 1. The Morgan fingerprint density at radius 1 is 1.35 bits per heavy atom. The van der Waals surface area contributed by atoms with Crippen LogP contribution in [0.25, 0.3) is 11.0 Å². The minimum atomic E-state index is 0.310. The van der Waals surface area contributed by atoms with E-state index in [0.717, 1.165) is 37.0 Å². The molecule has 2 aromatic rings. The summed E-state index contributed by atoms with van der Waals surface area (Å²) >= 11 is 6.12. The van der Waals surface area contributed by atoms with Crippen LogP contribution in [0.3, 0.4) is 0 Å². The third kappa shape index (κ3) is 2.81. The largest absolute Gasteiger partial charge is 0.331 e. The Hall–Kier alpha value is -1.02. The average molecular weight is 251 g/mol. The molecule has 0 aliphatic carbocycles. The zero-order valence-electron chi connectivity index (χ0n) is 10.5. The highest BCUT2D eigenvalue weighted by Gasteiger charge is 2.07. The van der Waals surface area contributed by atoms with Crippen molar-refractivity contribution in [3.63, 3.8) is 0 Å². The lowest BCUT2D eigenvalue weighted by Crippen LogP contribution is -2.01. The Morgan fingerprint density at radius 2 is 2.12 bits per heavy atom. The molecule has 0 bridgehead atoms. The Kier molecular flexibility index (Phi) is 4.06. The first-order valence-corrected chi connectivity index (χ1v) is 6.70. The van der Waals surface area contributed by atoms with Crippen LogP contribution >= 0.6 is 11.6 Å². The molecule has 1 unspecified atom stereocenters. The van der Waals surface area contributed by atoms with Gasteiger partial charge in [-0.05, 0) is 31.4 Å². The van der Waals surface area contributed by atoms with Gasteiger partial charge in [0.2, 0.25) is 0 Å². The van der Waals surface area contributed by atoms with Gasteiger partial charge in [0.1, 0.15) is 5.82 Å². The van der Waals surface area contributed by atoms with Crippen LogP contribution in [-0.2, 0) is 13.5 Å². The highest BCUT2D eigenvalue weighted by molar-refractivity contribution is 6.20. The second kappa shape index (κ2) is 5.54. The normalized spacial score (nSPS) is 13.1. The first-order valence-electron chi connectivity index (χ1n) is 6.26. The second-order valence-corrected chi connectivity index (χ2v) is 5.09. The number of aromatic nitrogens is 2. The number of nitrogens with zero attached hydrogens (tertiary/aromatic N) is 2. The van der Waals surface area contributed by atoms with Gasteiger partial charge < -0.3 is 4.57 Å². The van der Waals surface area contributed by atoms with Crippen LogP contribution in [0.1, 0.15) is 32.0 Å². The fraction of sp³-hybridized carbons (Fsp3) is 0.500. The number of fused-ring (bicyclic) bond motifs is 1. The monoisotopic (exact) mass is 250 g/mol. The van der Waals surface area contributed by atoms with Crippen LogP contribution in [-0.4, -0.2) is 14.9 Å². The van der Waals surface area contributed by atoms with Gasteiger partial charge in [0, 0.05) is 18.8 Å². The van der Waals surface area contributed by atoms with Crippen molar-refractivity contribution >= 4 is 22.6 Å². The van der Waals surface area contributed by atoms with E-state index in [9.17, 15) is 0 Å². The van der Waals surface area contributed by atoms with Gasteiger partial charge in [-0.25, -0.2) is 4.98 Å². The molecule has 0 saturated carbocycles. The predicted octanol–water partition coefficient (Wildman–Crippen LogP) is 3.91. The number of imidazole rings is 1. The lowest BCUT2D eigenvalue weighted by atomic mass is 10.1. The first kappa shape index (κ1) is 12.4. The minimum Gasteiger partial charge on any atom is -0.331 e. The van der Waals surface area contributed by atoms with E-state index in [4.69, 9.17) is 11.6 Å². The molecule has 1 atom stereocenters. The summed E-state index contributed by atoms with van der Waals surface area (Å²) < 4.78 is 2.19. The van der Waals surface area contributed by atoms with Gasteiger partial charge in [-0.1, -0.05) is 19.1 Å². The molecule has 0 aliphatic heterocycles. The van der Waals surface area contributed by atoms with E-state index in [-0.39, 0.29) is 0 Å². The standard InChI is InChI=1S/C14H19ClN2/c1-3-11(15)7-6-10-14-16-12-8-4-5-9-13(12)17(14)2/h4-5,8-9,11H,3,6-7,10H2,1-2H3. The molecule has 2 rings (SSSR count). The highest BCUT2D eigenvalue weighted by atomic mass is 35.5. The minimum absolute atomic E-state index is 0.310. The predicted molar refractivity (Wildman–Crippen MR) is 73.6 cm³/mol. The molecular formula is C14H19ClN2. The van der Waals surface area contributed by atoms with Crippen molar-refractivity contribution in [2.75, 3.05) is 0 Å². The smallest absolute Gasteiger partial charge is 0.109 e. The van der Waals surface area contributed by atoms with Crippen molar-refractivity contribution < 1.29 is 0 Å². The zero-order chi connectivity index (χ0) is 12.3. The molecule has 1 aromatic carbocycles. The Morgan fingerprint density at radius 3 is 2.82 bits per heavy atom. The van der Waals surface area contributed by atoms with Crippen molar-refractivity contribution in [2.24, 2.45) is 7.05 Å². The molecule has 92 valence electrons. The van der Waals surface area contributed by atoms with E-state index in [1.165, 1.54) is 5.52 Å². The lowest BCUT2D eigenvalue weighted by Gasteiger charge is -2.06. The summed E-state index contributed by atoms with van der Waals surface area (Å²) in [6, 6.07) is 8.27. The molecule has 0 fully saturated rings. The summed E-state index contributed by atoms with van der Waals surface area (Å²) in [6.07, 6.45) is 4.24. The molecule has 0 spiro atoms. The van der Waals surface area contributed by atoms with Gasteiger partial charge in [0.25, 0.3) is 0 Å². The van der Waals surface area contributed by atoms with E-state index in [0.29, 0.717) is 5.38 Å². The van der Waals surface area contributed by atoms with Gasteiger partial charge in [-0.3, -0.25) is 0 Å². The third-order valence-electron chi connectivity index (χ3n) is 3.24. The molecule has 0 radical (unpaired) electrons. The Labute approximate surface area is 108 Å². The average Bonchev–Trinajstić information content (AvgIpc) is 2.67. The van der Waals surface area contributed by atoms with Crippen molar-refractivity contribution in [1.82, 2.24) is 9.55 Å². The van der Waals surface area contributed by atoms with Gasteiger partial charge in [-0.15, -0.1) is 11.6 Å². The number of benzene rings is 1. The number of halogens is 1. The first-order chi connectivity index (χ1) is 8.22. The maximum absolute atomic E-state index is 6.12. The van der Waals surface area contributed by atoms with E-state index >= 15 is 0 Å². The molecule has 3 heteroatoms. The molecule has 1 heterocycles. The Balaban J connectivity index is 2.06. The summed E-state index contributed by atoms with van der Waals surface area (Å²) in [5, 5.41) is 0.310. The summed E-state index contributed by atoms with van der Waals surface area (Å²) in [6.45, 7) is 2.13. The summed E-state index contributed by atoms with van der Waals surface area (Å²) in [5.74, 6) is 1.16. The maximum atomic E-state index is 6.12. The molecule has 0 N–H and O–H groups in total. The Bertz CT molecular complexity index is 490. The van der Waals surface area contributed by atoms with Gasteiger partial charge >= 0.3 is 0 Å². The van der Waals surface area contributed by atoms with Crippen molar-refractivity contribution in [1.29, 1.82) is 0 Å². The fourth-order valence-electron chi connectivity index (χ4n) is 2.10. The molecule has 1 aromatic heterocycles. The van der Waals surface area contributed by atoms with E-state index < -0.39 is 0 Å². The van der Waals surface area contributed by atoms with Crippen LogP contribution in [0.4, 0.5) is 0 Å². The SMILES string of the molecule is CCC(Cl)CCCc1nc2ccccc2n1C. The third-order valence-corrected chi connectivity index (χ3v) is 3.77. The maximum Gasteiger partial charge on any atom is 0.109 e. The molecule has 0 saturated heterocycles. The fourth-order valence-corrected chi connectivity index (χ4v) is 2.26. The van der Waals surface area contributed by atoms with Crippen LogP contribution in [0.15, 0.2) is 24.3 Å². The van der Waals surface area contributed by atoms with E-state index in [2.05, 4.69) is 41.7 Å². The number of hydrogen-bond acceptors (Lipinski definition) is 1. The van der Waals surface area contributed by atoms with E-state index in [1.807, 2.05) is 6.07 Å². The molecular weight excluding hydrogens is 232 g/mol. The summed E-state index contributed by atoms with van der Waals surface area (Å²) in [5.41, 5.74) is 2.29. The highest BCUT2D eigenvalue weighted by Crippen LogP contribution is 2.17. The number of para-hydroxylation sites is 2. The summed E-state index contributed by atoms with van der Waals surface area (Å²) in [7, 11) is 2.09. The molecule has 2 nitrogen and oxygen atoms in total. The van der Waals surface area contributed by atoms with E-state index in [1.54, 1.807) is 0 Å². The van der Waals surface area contributed by atoms with Crippen LogP contribution in [0, 0.1) is 0 Å². The quantitative estimate of drug-likeness (QED) is 0.736. The topological polar surface area (TPSA) is 17.8 Å². The lowest BCUT2D eigenvalue weighted by molar-refractivity contribution is 0.648. The van der Waals surface area contributed by atoms with Crippen LogP contribution in [0.5, 0.6) is 0 Å². The van der Waals surface area contributed by atoms with Crippen LogP contribution < -0.4 is 0 Å². The molecule has 0 aliphatic rings. The summed E-state index contributed by atoms with van der Waals surface area (Å²) in [4.78, 5) is 4.65.